The molecule has 0 saturated carbocycles. The third-order valence-corrected chi connectivity index (χ3v) is 12.0. The van der Waals surface area contributed by atoms with E-state index < -0.39 is 8.32 Å². The molecule has 0 aliphatic rings. The Labute approximate surface area is 196 Å². The fraction of sp³-hybridized carbons (Fsp3) is 0.440. The first kappa shape index (κ1) is 24.3. The van der Waals surface area contributed by atoms with Crippen LogP contribution in [0.15, 0.2) is 36.4 Å². The van der Waals surface area contributed by atoms with E-state index in [1.807, 2.05) is 6.07 Å². The Bertz CT molecular complexity index is 1050. The molecule has 0 fully saturated rings. The summed E-state index contributed by atoms with van der Waals surface area (Å²) in [7, 11) is -0.129. The first-order valence-electron chi connectivity index (χ1n) is 10.6. The van der Waals surface area contributed by atoms with E-state index >= 15 is 0 Å². The van der Waals surface area contributed by atoms with Gasteiger partial charge in [-0.1, -0.05) is 44.5 Å². The number of hydrogen-bond acceptors (Lipinski definition) is 4. The molecular formula is C25H33ClO3SSi. The third-order valence-electron chi connectivity index (χ3n) is 6.14. The predicted molar refractivity (Wildman–Crippen MR) is 136 cm³/mol. The van der Waals surface area contributed by atoms with Crippen molar-refractivity contribution in [2.45, 2.75) is 52.4 Å². The molecule has 31 heavy (non-hydrogen) atoms. The van der Waals surface area contributed by atoms with Gasteiger partial charge < -0.3 is 13.9 Å². The Balaban J connectivity index is 1.91. The van der Waals surface area contributed by atoms with Crippen LogP contribution in [0.5, 0.6) is 5.75 Å². The van der Waals surface area contributed by atoms with Gasteiger partial charge in [0.25, 0.3) is 0 Å². The Morgan fingerprint density at radius 3 is 2.42 bits per heavy atom. The number of halogens is 1. The summed E-state index contributed by atoms with van der Waals surface area (Å²) in [6.45, 7) is 15.2. The van der Waals surface area contributed by atoms with Crippen LogP contribution in [0, 0.1) is 6.92 Å². The van der Waals surface area contributed by atoms with Crippen molar-refractivity contribution in [3.05, 3.63) is 51.9 Å². The Morgan fingerprint density at radius 1 is 1.03 bits per heavy atom. The zero-order chi connectivity index (χ0) is 22.8. The topological polar surface area (TPSA) is 27.7 Å². The maximum atomic E-state index is 6.72. The SMILES string of the molecule is COCCOc1ccc(-c2c(Cl)sc3ccc(CO[Si](C)(C)C(C)(C)C)cc23)c(C)c1. The van der Waals surface area contributed by atoms with E-state index in [1.165, 1.54) is 15.6 Å². The maximum absolute atomic E-state index is 6.72. The van der Waals surface area contributed by atoms with Crippen LogP contribution in [0.25, 0.3) is 21.2 Å². The second-order valence-electron chi connectivity index (χ2n) is 9.45. The molecule has 0 aliphatic carbocycles. The standard InChI is InChI=1S/C25H33ClO3SSi/c1-17-14-19(28-13-12-27-5)9-10-20(17)23-21-15-18(8-11-22(21)30-24(23)26)16-29-31(6,7)25(2,3)4/h8-11,14-15H,12-13,16H2,1-7H3. The first-order valence-corrected chi connectivity index (χ1v) is 14.7. The molecule has 0 aliphatic heterocycles. The molecule has 168 valence electrons. The number of benzene rings is 2. The van der Waals surface area contributed by atoms with Crippen LogP contribution in [0.2, 0.25) is 22.5 Å². The van der Waals surface area contributed by atoms with Crippen LogP contribution in [-0.2, 0) is 15.8 Å². The highest BCUT2D eigenvalue weighted by Gasteiger charge is 2.37. The van der Waals surface area contributed by atoms with E-state index in [0.29, 0.717) is 19.8 Å². The molecule has 3 rings (SSSR count). The van der Waals surface area contributed by atoms with Gasteiger partial charge in [-0.2, -0.15) is 0 Å². The van der Waals surface area contributed by atoms with E-state index in [4.69, 9.17) is 25.5 Å². The van der Waals surface area contributed by atoms with Gasteiger partial charge in [0.2, 0.25) is 0 Å². The number of fused-ring (bicyclic) bond motifs is 1. The van der Waals surface area contributed by atoms with Gasteiger partial charge in [0.05, 0.1) is 13.2 Å². The van der Waals surface area contributed by atoms with E-state index in [9.17, 15) is 0 Å². The van der Waals surface area contributed by atoms with E-state index in [-0.39, 0.29) is 5.04 Å². The smallest absolute Gasteiger partial charge is 0.192 e. The molecule has 3 aromatic rings. The molecule has 1 aromatic heterocycles. The quantitative estimate of drug-likeness (QED) is 0.243. The second kappa shape index (κ2) is 9.63. The zero-order valence-electron chi connectivity index (χ0n) is 19.6. The van der Waals surface area contributed by atoms with Crippen LogP contribution in [0.1, 0.15) is 31.9 Å². The summed E-state index contributed by atoms with van der Waals surface area (Å²) in [6, 6.07) is 12.7. The van der Waals surface area contributed by atoms with Crippen molar-refractivity contribution in [3.63, 3.8) is 0 Å². The van der Waals surface area contributed by atoms with Crippen LogP contribution in [0.4, 0.5) is 0 Å². The van der Waals surface area contributed by atoms with Gasteiger partial charge >= 0.3 is 0 Å². The largest absolute Gasteiger partial charge is 0.491 e. The van der Waals surface area contributed by atoms with E-state index in [1.54, 1.807) is 18.4 Å². The molecule has 0 saturated heterocycles. The minimum Gasteiger partial charge on any atom is -0.491 e. The van der Waals surface area contributed by atoms with Gasteiger partial charge in [-0.15, -0.1) is 11.3 Å². The first-order chi connectivity index (χ1) is 14.5. The van der Waals surface area contributed by atoms with Crippen molar-refractivity contribution in [1.29, 1.82) is 0 Å². The normalized spacial score (nSPS) is 12.5. The van der Waals surface area contributed by atoms with Crippen molar-refractivity contribution in [1.82, 2.24) is 0 Å². The molecule has 3 nitrogen and oxygen atoms in total. The number of hydrogen-bond donors (Lipinski definition) is 0. The average molecular weight is 477 g/mol. The molecule has 0 radical (unpaired) electrons. The summed E-state index contributed by atoms with van der Waals surface area (Å²) in [5, 5.41) is 1.38. The summed E-state index contributed by atoms with van der Waals surface area (Å²) in [5.41, 5.74) is 4.55. The summed E-state index contributed by atoms with van der Waals surface area (Å²) in [5.74, 6) is 0.845. The molecule has 1 heterocycles. The van der Waals surface area contributed by atoms with Gasteiger partial charge in [-0.3, -0.25) is 0 Å². The number of thiophene rings is 1. The van der Waals surface area contributed by atoms with Crippen molar-refractivity contribution < 1.29 is 13.9 Å². The van der Waals surface area contributed by atoms with Gasteiger partial charge in [0, 0.05) is 22.8 Å². The number of aryl methyl sites for hydroxylation is 1. The lowest BCUT2D eigenvalue weighted by molar-refractivity contribution is 0.146. The van der Waals surface area contributed by atoms with Crippen molar-refractivity contribution in [2.75, 3.05) is 20.3 Å². The van der Waals surface area contributed by atoms with Crippen molar-refractivity contribution in [2.24, 2.45) is 0 Å². The van der Waals surface area contributed by atoms with Crippen molar-refractivity contribution in [3.8, 4) is 16.9 Å². The van der Waals surface area contributed by atoms with Crippen LogP contribution >= 0.6 is 22.9 Å². The molecule has 2 aromatic carbocycles. The lowest BCUT2D eigenvalue weighted by Gasteiger charge is -2.36. The third kappa shape index (κ3) is 5.52. The summed E-state index contributed by atoms with van der Waals surface area (Å²) < 4.78 is 19.3. The minimum absolute atomic E-state index is 0.193. The molecule has 0 amide bonds. The summed E-state index contributed by atoms with van der Waals surface area (Å²) in [4.78, 5) is 0. The van der Waals surface area contributed by atoms with Crippen LogP contribution in [-0.4, -0.2) is 28.6 Å². The number of ether oxygens (including phenoxy) is 2. The maximum Gasteiger partial charge on any atom is 0.192 e. The minimum atomic E-state index is -1.80. The van der Waals surface area contributed by atoms with Crippen molar-refractivity contribution >= 4 is 41.3 Å². The van der Waals surface area contributed by atoms with Gasteiger partial charge in [0.15, 0.2) is 8.32 Å². The summed E-state index contributed by atoms with van der Waals surface area (Å²) in [6.07, 6.45) is 0. The molecule has 0 spiro atoms. The van der Waals surface area contributed by atoms with Crippen LogP contribution < -0.4 is 4.74 Å². The highest BCUT2D eigenvalue weighted by atomic mass is 35.5. The average Bonchev–Trinajstić information content (AvgIpc) is 3.01. The molecule has 0 N–H and O–H groups in total. The fourth-order valence-electron chi connectivity index (χ4n) is 3.19. The summed E-state index contributed by atoms with van der Waals surface area (Å²) >= 11 is 8.35. The molecule has 0 bridgehead atoms. The molecule has 0 atom stereocenters. The highest BCUT2D eigenvalue weighted by molar-refractivity contribution is 7.23. The zero-order valence-corrected chi connectivity index (χ0v) is 22.2. The molecule has 6 heteroatoms. The predicted octanol–water partition coefficient (Wildman–Crippen LogP) is 8.08. The molecular weight excluding hydrogens is 444 g/mol. The van der Waals surface area contributed by atoms with Gasteiger partial charge in [-0.05, 0) is 66.0 Å². The lowest BCUT2D eigenvalue weighted by atomic mass is 9.99. The highest BCUT2D eigenvalue weighted by Crippen LogP contribution is 2.44. The van der Waals surface area contributed by atoms with Gasteiger partial charge in [0.1, 0.15) is 16.7 Å². The van der Waals surface area contributed by atoms with Crippen LogP contribution in [0.3, 0.4) is 0 Å². The Kier molecular flexibility index (Phi) is 7.54. The fourth-order valence-corrected chi connectivity index (χ4v) is 5.52. The Hall–Kier alpha value is -1.37. The number of rotatable bonds is 8. The Morgan fingerprint density at radius 2 is 1.77 bits per heavy atom. The second-order valence-corrected chi connectivity index (χ2v) is 15.9. The number of methoxy groups -OCH3 is 1. The van der Waals surface area contributed by atoms with Gasteiger partial charge in [-0.25, -0.2) is 0 Å². The monoisotopic (exact) mass is 476 g/mol. The van der Waals surface area contributed by atoms with E-state index in [0.717, 1.165) is 26.8 Å². The lowest BCUT2D eigenvalue weighted by Crippen LogP contribution is -2.40. The van der Waals surface area contributed by atoms with E-state index in [2.05, 4.69) is 71.1 Å². The molecule has 0 unspecified atom stereocenters.